The summed E-state index contributed by atoms with van der Waals surface area (Å²) in [6.45, 7) is 7.75. The molecule has 1 atom stereocenters. The van der Waals surface area contributed by atoms with E-state index in [4.69, 9.17) is 0 Å². The van der Waals surface area contributed by atoms with E-state index < -0.39 is 0 Å². The number of carbonyl (C=O) groups is 1. The van der Waals surface area contributed by atoms with E-state index in [0.717, 1.165) is 38.2 Å². The van der Waals surface area contributed by atoms with E-state index >= 15 is 0 Å². The maximum absolute atomic E-state index is 12.7. The lowest BCUT2D eigenvalue weighted by atomic mass is 10.1. The Kier molecular flexibility index (Phi) is 5.49. The minimum Gasteiger partial charge on any atom is -0.338 e. The van der Waals surface area contributed by atoms with Gasteiger partial charge in [-0.2, -0.15) is 0 Å². The fourth-order valence-electron chi connectivity index (χ4n) is 3.53. The smallest absolute Gasteiger partial charge is 0.253 e. The molecule has 4 heteroatoms. The maximum atomic E-state index is 12.7. The summed E-state index contributed by atoms with van der Waals surface area (Å²) in [5, 5.41) is 0. The molecule has 1 aromatic carbocycles. The molecule has 0 saturated carbocycles. The third kappa shape index (κ3) is 4.45. The summed E-state index contributed by atoms with van der Waals surface area (Å²) >= 11 is 0. The minimum absolute atomic E-state index is 0.167. The Morgan fingerprint density at radius 1 is 1.28 bits per heavy atom. The second-order valence-electron chi connectivity index (χ2n) is 7.26. The van der Waals surface area contributed by atoms with Gasteiger partial charge in [-0.05, 0) is 68.1 Å². The Balaban J connectivity index is 1.54. The molecule has 1 fully saturated rings. The maximum Gasteiger partial charge on any atom is 0.253 e. The first-order valence-corrected chi connectivity index (χ1v) is 8.97. The van der Waals surface area contributed by atoms with Crippen LogP contribution in [0.2, 0.25) is 0 Å². The van der Waals surface area contributed by atoms with E-state index in [2.05, 4.69) is 36.8 Å². The molecule has 1 aromatic heterocycles. The lowest BCUT2D eigenvalue weighted by Gasteiger charge is -2.21. The largest absolute Gasteiger partial charge is 0.338 e. The van der Waals surface area contributed by atoms with Crippen molar-refractivity contribution >= 4 is 5.91 Å². The van der Waals surface area contributed by atoms with E-state index in [-0.39, 0.29) is 5.91 Å². The Hall–Kier alpha value is -2.20. The Morgan fingerprint density at radius 3 is 2.84 bits per heavy atom. The van der Waals surface area contributed by atoms with E-state index in [9.17, 15) is 4.79 Å². The van der Waals surface area contributed by atoms with Crippen molar-refractivity contribution in [1.82, 2.24) is 14.8 Å². The second-order valence-corrected chi connectivity index (χ2v) is 7.26. The summed E-state index contributed by atoms with van der Waals surface area (Å²) in [6, 6.07) is 10.1. The molecule has 1 amide bonds. The number of hydrogen-bond donors (Lipinski definition) is 0. The number of nitrogens with zero attached hydrogens (tertiary/aromatic N) is 3. The van der Waals surface area contributed by atoms with Crippen molar-refractivity contribution in [1.29, 1.82) is 0 Å². The quantitative estimate of drug-likeness (QED) is 0.840. The first-order chi connectivity index (χ1) is 12.0. The zero-order valence-corrected chi connectivity index (χ0v) is 15.4. The zero-order valence-electron chi connectivity index (χ0n) is 15.4. The van der Waals surface area contributed by atoms with Crippen LogP contribution in [0.3, 0.4) is 0 Å². The number of aromatic nitrogens is 1. The topological polar surface area (TPSA) is 36.4 Å². The van der Waals surface area contributed by atoms with Gasteiger partial charge < -0.3 is 9.80 Å². The van der Waals surface area contributed by atoms with Crippen LogP contribution in [0.4, 0.5) is 0 Å². The molecule has 25 heavy (non-hydrogen) atoms. The standard InChI is InChI=1S/C21H27N3O/c1-16-6-7-20(11-17(16)2)21(25)24-10-8-19(15-24)14-23(3)13-18-5-4-9-22-12-18/h4-7,9,11-12,19H,8,10,13-15H2,1-3H3/t19-/m1/s1. The third-order valence-electron chi connectivity index (χ3n) is 5.07. The van der Waals surface area contributed by atoms with Crippen molar-refractivity contribution < 1.29 is 4.79 Å². The van der Waals surface area contributed by atoms with Crippen molar-refractivity contribution in [3.63, 3.8) is 0 Å². The van der Waals surface area contributed by atoms with Gasteiger partial charge in [-0.15, -0.1) is 0 Å². The minimum atomic E-state index is 0.167. The molecule has 2 heterocycles. The SMILES string of the molecule is Cc1ccc(C(=O)N2CC[C@H](CN(C)Cc3cccnc3)C2)cc1C. The molecule has 2 aromatic rings. The highest BCUT2D eigenvalue weighted by molar-refractivity contribution is 5.94. The van der Waals surface area contributed by atoms with Crippen molar-refractivity contribution in [2.24, 2.45) is 5.92 Å². The number of amides is 1. The van der Waals surface area contributed by atoms with Gasteiger partial charge in [0.15, 0.2) is 0 Å². The van der Waals surface area contributed by atoms with Crippen LogP contribution in [-0.2, 0) is 6.54 Å². The third-order valence-corrected chi connectivity index (χ3v) is 5.07. The number of rotatable bonds is 5. The molecule has 0 unspecified atom stereocenters. The molecule has 132 valence electrons. The van der Waals surface area contributed by atoms with Gasteiger partial charge in [0.25, 0.3) is 5.91 Å². The van der Waals surface area contributed by atoms with E-state index in [1.165, 1.54) is 16.7 Å². The predicted molar refractivity (Wildman–Crippen MR) is 100 cm³/mol. The Morgan fingerprint density at radius 2 is 2.12 bits per heavy atom. The fraction of sp³-hybridized carbons (Fsp3) is 0.429. The number of benzene rings is 1. The van der Waals surface area contributed by atoms with Gasteiger partial charge in [0.1, 0.15) is 0 Å². The average molecular weight is 337 g/mol. The van der Waals surface area contributed by atoms with Gasteiger partial charge in [-0.3, -0.25) is 9.78 Å². The van der Waals surface area contributed by atoms with Crippen LogP contribution in [0.25, 0.3) is 0 Å². The molecule has 0 aliphatic carbocycles. The van der Waals surface area contributed by atoms with Gasteiger partial charge in [0.05, 0.1) is 0 Å². The number of likely N-dealkylation sites (tertiary alicyclic amines) is 1. The number of hydrogen-bond acceptors (Lipinski definition) is 3. The van der Waals surface area contributed by atoms with Gasteiger partial charge in [0.2, 0.25) is 0 Å². The lowest BCUT2D eigenvalue weighted by Crippen LogP contribution is -2.31. The van der Waals surface area contributed by atoms with Crippen molar-refractivity contribution in [2.75, 3.05) is 26.7 Å². The van der Waals surface area contributed by atoms with Crippen molar-refractivity contribution in [2.45, 2.75) is 26.8 Å². The van der Waals surface area contributed by atoms with E-state index in [0.29, 0.717) is 5.92 Å². The summed E-state index contributed by atoms with van der Waals surface area (Å²) in [5.41, 5.74) is 4.45. The molecule has 1 aliphatic rings. The fourth-order valence-corrected chi connectivity index (χ4v) is 3.53. The van der Waals surface area contributed by atoms with E-state index in [1.54, 1.807) is 6.20 Å². The van der Waals surface area contributed by atoms with Crippen molar-refractivity contribution in [3.8, 4) is 0 Å². The summed E-state index contributed by atoms with van der Waals surface area (Å²) in [4.78, 5) is 21.2. The van der Waals surface area contributed by atoms with Gasteiger partial charge in [0, 0.05) is 44.1 Å². The second kappa shape index (κ2) is 7.79. The molecule has 0 spiro atoms. The summed E-state index contributed by atoms with van der Waals surface area (Å²) in [7, 11) is 2.14. The van der Waals surface area contributed by atoms with E-state index in [1.807, 2.05) is 35.4 Å². The van der Waals surface area contributed by atoms with Gasteiger partial charge >= 0.3 is 0 Å². The molecule has 3 rings (SSSR count). The highest BCUT2D eigenvalue weighted by Gasteiger charge is 2.27. The van der Waals surface area contributed by atoms with Crippen LogP contribution in [-0.4, -0.2) is 47.4 Å². The van der Waals surface area contributed by atoms with Crippen LogP contribution < -0.4 is 0 Å². The van der Waals surface area contributed by atoms with Crippen LogP contribution in [0.5, 0.6) is 0 Å². The van der Waals surface area contributed by atoms with Crippen LogP contribution in [0, 0.1) is 19.8 Å². The number of pyridine rings is 1. The van der Waals surface area contributed by atoms with Crippen LogP contribution >= 0.6 is 0 Å². The number of aryl methyl sites for hydroxylation is 2. The van der Waals surface area contributed by atoms with Gasteiger partial charge in [-0.25, -0.2) is 0 Å². The highest BCUT2D eigenvalue weighted by Crippen LogP contribution is 2.21. The monoisotopic (exact) mass is 337 g/mol. The Labute approximate surface area is 150 Å². The lowest BCUT2D eigenvalue weighted by molar-refractivity contribution is 0.0784. The molecular formula is C21H27N3O. The van der Waals surface area contributed by atoms with Gasteiger partial charge in [-0.1, -0.05) is 12.1 Å². The zero-order chi connectivity index (χ0) is 17.8. The molecule has 1 saturated heterocycles. The number of carbonyl (C=O) groups excluding carboxylic acids is 1. The average Bonchev–Trinajstić information content (AvgIpc) is 3.06. The molecule has 4 nitrogen and oxygen atoms in total. The first-order valence-electron chi connectivity index (χ1n) is 8.97. The molecule has 0 radical (unpaired) electrons. The molecule has 0 N–H and O–H groups in total. The summed E-state index contributed by atoms with van der Waals surface area (Å²) in [6.07, 6.45) is 4.80. The van der Waals surface area contributed by atoms with Crippen LogP contribution in [0.15, 0.2) is 42.7 Å². The normalized spacial score (nSPS) is 17.3. The molecule has 1 aliphatic heterocycles. The molecule has 0 bridgehead atoms. The summed E-state index contributed by atoms with van der Waals surface area (Å²) in [5.74, 6) is 0.706. The predicted octanol–water partition coefficient (Wildman–Crippen LogP) is 3.29. The highest BCUT2D eigenvalue weighted by atomic mass is 16.2. The summed E-state index contributed by atoms with van der Waals surface area (Å²) < 4.78 is 0. The van der Waals surface area contributed by atoms with Crippen LogP contribution in [0.1, 0.15) is 33.5 Å². The van der Waals surface area contributed by atoms with Crippen molar-refractivity contribution in [3.05, 3.63) is 65.0 Å². The Bertz CT molecular complexity index is 729. The molecular weight excluding hydrogens is 310 g/mol. The first kappa shape index (κ1) is 17.6.